The predicted molar refractivity (Wildman–Crippen MR) is 80.3 cm³/mol. The van der Waals surface area contributed by atoms with Crippen molar-refractivity contribution in [1.82, 2.24) is 10.3 Å². The van der Waals surface area contributed by atoms with Gasteiger partial charge in [-0.05, 0) is 43.2 Å². The highest BCUT2D eigenvalue weighted by Crippen LogP contribution is 2.46. The second kappa shape index (κ2) is 5.49. The van der Waals surface area contributed by atoms with Crippen LogP contribution in [0, 0.1) is 11.3 Å². The number of hydrogen-bond donors (Lipinski definition) is 2. The van der Waals surface area contributed by atoms with E-state index in [4.69, 9.17) is 5.26 Å². The number of aromatic hydroxyl groups is 1. The summed E-state index contributed by atoms with van der Waals surface area (Å²) in [5, 5.41) is 21.3. The monoisotopic (exact) mass is 293 g/mol. The number of carbonyl (C=O) groups is 1. The van der Waals surface area contributed by atoms with Gasteiger partial charge in [-0.2, -0.15) is 5.26 Å². The second-order valence-electron chi connectivity index (χ2n) is 5.56. The molecule has 1 aliphatic rings. The van der Waals surface area contributed by atoms with E-state index in [0.29, 0.717) is 6.54 Å². The minimum absolute atomic E-state index is 0.0776. The number of nitriles is 1. The Kier molecular flexibility index (Phi) is 3.51. The molecule has 1 aromatic carbocycles. The molecule has 1 fully saturated rings. The van der Waals surface area contributed by atoms with E-state index in [2.05, 4.69) is 10.3 Å². The van der Waals surface area contributed by atoms with Gasteiger partial charge in [0.15, 0.2) is 0 Å². The molecule has 1 aromatic heterocycles. The van der Waals surface area contributed by atoms with E-state index in [-0.39, 0.29) is 28.2 Å². The van der Waals surface area contributed by atoms with Crippen LogP contribution < -0.4 is 5.32 Å². The Morgan fingerprint density at radius 2 is 2.18 bits per heavy atom. The molecule has 0 unspecified atom stereocenters. The van der Waals surface area contributed by atoms with E-state index in [1.807, 2.05) is 24.3 Å². The third-order valence-corrected chi connectivity index (χ3v) is 3.96. The molecule has 5 heteroatoms. The normalized spacial score (nSPS) is 14.9. The molecule has 1 amide bonds. The van der Waals surface area contributed by atoms with Crippen molar-refractivity contribution in [2.75, 3.05) is 6.54 Å². The minimum atomic E-state index is -0.297. The maximum atomic E-state index is 12.2. The molecule has 110 valence electrons. The Bertz CT molecular complexity index is 746. The number of phenolic OH excluding ortho intramolecular Hbond substituents is 1. The van der Waals surface area contributed by atoms with Gasteiger partial charge in [0.1, 0.15) is 5.75 Å². The van der Waals surface area contributed by atoms with Gasteiger partial charge in [0.05, 0.1) is 11.6 Å². The van der Waals surface area contributed by atoms with Crippen molar-refractivity contribution in [2.45, 2.75) is 18.3 Å². The number of hydrogen-bond acceptors (Lipinski definition) is 4. The topological polar surface area (TPSA) is 86.0 Å². The van der Waals surface area contributed by atoms with Gasteiger partial charge in [-0.3, -0.25) is 9.78 Å². The Balaban J connectivity index is 1.71. The number of nitrogens with one attached hydrogen (secondary N) is 1. The molecule has 0 bridgehead atoms. The maximum Gasteiger partial charge on any atom is 0.251 e. The van der Waals surface area contributed by atoms with Crippen molar-refractivity contribution < 1.29 is 9.90 Å². The highest BCUT2D eigenvalue weighted by atomic mass is 16.3. The summed E-state index contributed by atoms with van der Waals surface area (Å²) in [5.41, 5.74) is 1.46. The highest BCUT2D eigenvalue weighted by Gasteiger charge is 2.45. The minimum Gasteiger partial charge on any atom is -0.508 e. The van der Waals surface area contributed by atoms with Crippen LogP contribution in [-0.2, 0) is 5.41 Å². The Hall–Kier alpha value is -2.87. The SMILES string of the molecule is N#Cc1cc(O)cc(C(=O)NCC2(c3ccccn3)CC2)c1. The lowest BCUT2D eigenvalue weighted by molar-refractivity contribution is 0.0949. The van der Waals surface area contributed by atoms with Crippen LogP contribution in [0.4, 0.5) is 0 Å². The smallest absolute Gasteiger partial charge is 0.251 e. The fraction of sp³-hybridized carbons (Fsp3) is 0.235. The third kappa shape index (κ3) is 2.77. The molecular formula is C17H15N3O2. The number of nitrogens with zero attached hydrogens (tertiary/aromatic N) is 2. The van der Waals surface area contributed by atoms with Crippen LogP contribution in [0.2, 0.25) is 0 Å². The number of phenols is 1. The molecule has 0 atom stereocenters. The average molecular weight is 293 g/mol. The summed E-state index contributed by atoms with van der Waals surface area (Å²) in [7, 11) is 0. The summed E-state index contributed by atoms with van der Waals surface area (Å²) in [5.74, 6) is -0.385. The standard InChI is InChI=1S/C17H15N3O2/c18-10-12-7-13(9-14(21)8-12)16(22)20-11-17(4-5-17)15-3-1-2-6-19-15/h1-3,6-9,21H,4-5,11H2,(H,20,22). The molecule has 0 radical (unpaired) electrons. The lowest BCUT2D eigenvalue weighted by Crippen LogP contribution is -2.32. The summed E-state index contributed by atoms with van der Waals surface area (Å²) in [4.78, 5) is 16.6. The molecule has 1 heterocycles. The van der Waals surface area contributed by atoms with Crippen LogP contribution in [0.15, 0.2) is 42.6 Å². The molecule has 0 saturated heterocycles. The van der Waals surface area contributed by atoms with Crippen molar-refractivity contribution in [3.05, 3.63) is 59.4 Å². The van der Waals surface area contributed by atoms with Crippen LogP contribution in [0.25, 0.3) is 0 Å². The number of pyridine rings is 1. The average Bonchev–Trinajstić information content (AvgIpc) is 3.34. The summed E-state index contributed by atoms with van der Waals surface area (Å²) in [6.07, 6.45) is 3.74. The second-order valence-corrected chi connectivity index (χ2v) is 5.56. The van der Waals surface area contributed by atoms with Gasteiger partial charge in [-0.25, -0.2) is 0 Å². The van der Waals surface area contributed by atoms with E-state index >= 15 is 0 Å². The molecule has 1 saturated carbocycles. The van der Waals surface area contributed by atoms with Gasteiger partial charge >= 0.3 is 0 Å². The molecule has 0 aliphatic heterocycles. The first kappa shape index (κ1) is 14.1. The number of carbonyl (C=O) groups excluding carboxylic acids is 1. The molecule has 3 rings (SSSR count). The molecule has 5 nitrogen and oxygen atoms in total. The van der Waals surface area contributed by atoms with E-state index in [9.17, 15) is 9.90 Å². The quantitative estimate of drug-likeness (QED) is 0.904. The third-order valence-electron chi connectivity index (χ3n) is 3.96. The van der Waals surface area contributed by atoms with Crippen molar-refractivity contribution in [2.24, 2.45) is 0 Å². The maximum absolute atomic E-state index is 12.2. The Morgan fingerprint density at radius 1 is 1.36 bits per heavy atom. The van der Waals surface area contributed by atoms with Crippen molar-refractivity contribution in [3.8, 4) is 11.8 Å². The molecule has 1 aliphatic carbocycles. The van der Waals surface area contributed by atoms with Gasteiger partial charge in [-0.15, -0.1) is 0 Å². The lowest BCUT2D eigenvalue weighted by Gasteiger charge is -2.15. The summed E-state index contributed by atoms with van der Waals surface area (Å²) >= 11 is 0. The first-order valence-corrected chi connectivity index (χ1v) is 7.07. The van der Waals surface area contributed by atoms with E-state index in [0.717, 1.165) is 18.5 Å². The number of benzene rings is 1. The first-order valence-electron chi connectivity index (χ1n) is 7.07. The van der Waals surface area contributed by atoms with Crippen LogP contribution in [-0.4, -0.2) is 22.5 Å². The van der Waals surface area contributed by atoms with Gasteiger partial charge in [0.25, 0.3) is 5.91 Å². The van der Waals surface area contributed by atoms with E-state index in [1.54, 1.807) is 6.20 Å². The molecule has 22 heavy (non-hydrogen) atoms. The largest absolute Gasteiger partial charge is 0.508 e. The van der Waals surface area contributed by atoms with E-state index < -0.39 is 0 Å². The summed E-state index contributed by atoms with van der Waals surface area (Å²) in [6.45, 7) is 0.500. The number of rotatable bonds is 4. The van der Waals surface area contributed by atoms with Crippen LogP contribution >= 0.6 is 0 Å². The van der Waals surface area contributed by atoms with Crippen LogP contribution in [0.3, 0.4) is 0 Å². The summed E-state index contributed by atoms with van der Waals surface area (Å²) in [6, 6.07) is 11.9. The first-order chi connectivity index (χ1) is 10.6. The molecule has 2 aromatic rings. The van der Waals surface area contributed by atoms with Crippen molar-refractivity contribution in [1.29, 1.82) is 5.26 Å². The van der Waals surface area contributed by atoms with E-state index in [1.165, 1.54) is 18.2 Å². The van der Waals surface area contributed by atoms with Gasteiger partial charge in [0, 0.05) is 29.4 Å². The van der Waals surface area contributed by atoms with Crippen LogP contribution in [0.5, 0.6) is 5.75 Å². The Labute approximate surface area is 128 Å². The zero-order valence-electron chi connectivity index (χ0n) is 11.9. The Morgan fingerprint density at radius 3 is 2.82 bits per heavy atom. The van der Waals surface area contributed by atoms with Gasteiger partial charge in [0.2, 0.25) is 0 Å². The van der Waals surface area contributed by atoms with Crippen molar-refractivity contribution >= 4 is 5.91 Å². The molecule has 2 N–H and O–H groups in total. The zero-order valence-corrected chi connectivity index (χ0v) is 11.9. The highest BCUT2D eigenvalue weighted by molar-refractivity contribution is 5.95. The fourth-order valence-corrected chi connectivity index (χ4v) is 2.51. The number of amides is 1. The fourth-order valence-electron chi connectivity index (χ4n) is 2.51. The van der Waals surface area contributed by atoms with Gasteiger partial charge < -0.3 is 10.4 Å². The summed E-state index contributed by atoms with van der Waals surface area (Å²) < 4.78 is 0. The van der Waals surface area contributed by atoms with Crippen LogP contribution in [0.1, 0.15) is 34.5 Å². The van der Waals surface area contributed by atoms with Gasteiger partial charge in [-0.1, -0.05) is 6.07 Å². The molecular weight excluding hydrogens is 278 g/mol. The lowest BCUT2D eigenvalue weighted by atomic mass is 10.0. The zero-order chi connectivity index (χ0) is 15.6. The predicted octanol–water partition coefficient (Wildman–Crippen LogP) is 2.12. The van der Waals surface area contributed by atoms with Crippen molar-refractivity contribution in [3.63, 3.8) is 0 Å². The number of aromatic nitrogens is 1. The molecule has 0 spiro atoms.